The van der Waals surface area contributed by atoms with Crippen LogP contribution in [0, 0.1) is 13.8 Å². The lowest BCUT2D eigenvalue weighted by Crippen LogP contribution is -2.41. The molecule has 0 saturated heterocycles. The molecular formula is C15H21NO5. The number of carbonyl (C=O) groups is 2. The molecule has 1 aromatic rings. The maximum Gasteiger partial charge on any atom is 0.326 e. The third-order valence-electron chi connectivity index (χ3n) is 3.13. The van der Waals surface area contributed by atoms with E-state index >= 15 is 0 Å². The number of aliphatic carboxylic acids is 1. The van der Waals surface area contributed by atoms with E-state index in [9.17, 15) is 9.59 Å². The van der Waals surface area contributed by atoms with Gasteiger partial charge in [-0.25, -0.2) is 4.79 Å². The molecule has 0 unspecified atom stereocenters. The lowest BCUT2D eigenvalue weighted by molar-refractivity contribution is -0.142. The largest absolute Gasteiger partial charge is 0.493 e. The number of benzene rings is 1. The topological polar surface area (TPSA) is 95.9 Å². The Morgan fingerprint density at radius 3 is 2.57 bits per heavy atom. The van der Waals surface area contributed by atoms with Crippen LogP contribution in [0.1, 0.15) is 24.0 Å². The molecule has 0 aromatic heterocycles. The molecule has 1 rings (SSSR count). The van der Waals surface area contributed by atoms with E-state index in [2.05, 4.69) is 5.32 Å². The van der Waals surface area contributed by atoms with Crippen LogP contribution in [0.4, 0.5) is 0 Å². The van der Waals surface area contributed by atoms with Gasteiger partial charge in [0.05, 0.1) is 13.0 Å². The van der Waals surface area contributed by atoms with Gasteiger partial charge in [-0.1, -0.05) is 6.07 Å². The summed E-state index contributed by atoms with van der Waals surface area (Å²) in [6, 6.07) is 4.58. The van der Waals surface area contributed by atoms with E-state index in [0.717, 1.165) is 11.1 Å². The van der Waals surface area contributed by atoms with E-state index in [1.807, 2.05) is 32.0 Å². The Hall–Kier alpha value is -2.08. The van der Waals surface area contributed by atoms with E-state index in [-0.39, 0.29) is 26.1 Å². The SMILES string of the molecule is Cc1ccc(OCCC(=O)N[C@H](CCO)C(=O)O)cc1C. The Balaban J connectivity index is 2.39. The van der Waals surface area contributed by atoms with E-state index in [1.54, 1.807) is 0 Å². The van der Waals surface area contributed by atoms with Gasteiger partial charge in [-0.3, -0.25) is 4.79 Å². The van der Waals surface area contributed by atoms with E-state index in [0.29, 0.717) is 5.75 Å². The predicted octanol–water partition coefficient (Wildman–Crippen LogP) is 1.02. The number of carboxylic acid groups (broad SMARTS) is 1. The van der Waals surface area contributed by atoms with Crippen LogP contribution in [0.25, 0.3) is 0 Å². The number of hydrogen-bond acceptors (Lipinski definition) is 4. The molecule has 0 aliphatic carbocycles. The highest BCUT2D eigenvalue weighted by Crippen LogP contribution is 2.16. The van der Waals surface area contributed by atoms with Crippen LogP contribution >= 0.6 is 0 Å². The average Bonchev–Trinajstić information content (AvgIpc) is 2.42. The van der Waals surface area contributed by atoms with Crippen LogP contribution in [0.15, 0.2) is 18.2 Å². The number of amides is 1. The molecule has 0 aliphatic rings. The molecule has 0 radical (unpaired) electrons. The van der Waals surface area contributed by atoms with Gasteiger partial charge in [0.25, 0.3) is 0 Å². The van der Waals surface area contributed by atoms with Crippen LogP contribution in [0.2, 0.25) is 0 Å². The van der Waals surface area contributed by atoms with E-state index < -0.39 is 17.9 Å². The number of carboxylic acids is 1. The third kappa shape index (κ3) is 5.83. The number of hydrogen-bond donors (Lipinski definition) is 3. The molecule has 21 heavy (non-hydrogen) atoms. The molecule has 1 aromatic carbocycles. The molecule has 0 spiro atoms. The number of aryl methyl sites for hydroxylation is 2. The van der Waals surface area contributed by atoms with Gasteiger partial charge in [0.2, 0.25) is 5.91 Å². The fourth-order valence-corrected chi connectivity index (χ4v) is 1.72. The normalized spacial score (nSPS) is 11.8. The minimum absolute atomic E-state index is 0.0148. The Morgan fingerprint density at radius 1 is 1.29 bits per heavy atom. The minimum Gasteiger partial charge on any atom is -0.493 e. The molecule has 1 atom stereocenters. The van der Waals surface area contributed by atoms with Crippen molar-refractivity contribution in [1.82, 2.24) is 5.32 Å². The van der Waals surface area contributed by atoms with Crippen molar-refractivity contribution in [1.29, 1.82) is 0 Å². The Labute approximate surface area is 123 Å². The van der Waals surface area contributed by atoms with Crippen LogP contribution in [-0.2, 0) is 9.59 Å². The first kappa shape index (κ1) is 17.0. The highest BCUT2D eigenvalue weighted by Gasteiger charge is 2.18. The predicted molar refractivity (Wildman–Crippen MR) is 77.3 cm³/mol. The summed E-state index contributed by atoms with van der Waals surface area (Å²) >= 11 is 0. The summed E-state index contributed by atoms with van der Waals surface area (Å²) in [7, 11) is 0. The van der Waals surface area contributed by atoms with Crippen molar-refractivity contribution in [2.75, 3.05) is 13.2 Å². The zero-order chi connectivity index (χ0) is 15.8. The second-order valence-electron chi connectivity index (χ2n) is 4.82. The van der Waals surface area contributed by atoms with E-state index in [4.69, 9.17) is 14.9 Å². The molecule has 6 heteroatoms. The zero-order valence-electron chi connectivity index (χ0n) is 12.3. The standard InChI is InChI=1S/C15H21NO5/c1-10-3-4-12(9-11(10)2)21-8-6-14(18)16-13(5-7-17)15(19)20/h3-4,9,13,17H,5-8H2,1-2H3,(H,16,18)(H,19,20)/t13-/m1/s1. The van der Waals surface area contributed by atoms with Crippen molar-refractivity contribution in [3.8, 4) is 5.75 Å². The monoisotopic (exact) mass is 295 g/mol. The molecule has 6 nitrogen and oxygen atoms in total. The lowest BCUT2D eigenvalue weighted by Gasteiger charge is -2.13. The van der Waals surface area contributed by atoms with Crippen molar-refractivity contribution in [2.45, 2.75) is 32.7 Å². The molecule has 0 bridgehead atoms. The first-order valence-corrected chi connectivity index (χ1v) is 6.77. The second kappa shape index (κ2) is 8.26. The number of ether oxygens (including phenoxy) is 1. The molecule has 0 saturated carbocycles. The molecule has 0 fully saturated rings. The zero-order valence-corrected chi connectivity index (χ0v) is 12.3. The van der Waals surface area contributed by atoms with Crippen molar-refractivity contribution < 1.29 is 24.5 Å². The minimum atomic E-state index is -1.16. The first-order valence-electron chi connectivity index (χ1n) is 6.77. The van der Waals surface area contributed by atoms with Gasteiger partial charge in [0, 0.05) is 13.0 Å². The number of aliphatic hydroxyl groups is 1. The van der Waals surface area contributed by atoms with Crippen molar-refractivity contribution >= 4 is 11.9 Å². The van der Waals surface area contributed by atoms with Crippen molar-refractivity contribution in [2.24, 2.45) is 0 Å². The summed E-state index contributed by atoms with van der Waals surface area (Å²) in [5.74, 6) is -0.900. The second-order valence-corrected chi connectivity index (χ2v) is 4.82. The van der Waals surface area contributed by atoms with Crippen LogP contribution in [0.5, 0.6) is 5.75 Å². The Morgan fingerprint density at radius 2 is 2.00 bits per heavy atom. The van der Waals surface area contributed by atoms with Crippen LogP contribution in [0.3, 0.4) is 0 Å². The van der Waals surface area contributed by atoms with E-state index in [1.165, 1.54) is 0 Å². The molecule has 3 N–H and O–H groups in total. The summed E-state index contributed by atoms with van der Waals surface area (Å²) in [6.07, 6.45) is 0.0429. The number of carbonyl (C=O) groups excluding carboxylic acids is 1. The Kier molecular flexibility index (Phi) is 6.68. The summed E-state index contributed by atoms with van der Waals surface area (Å²) in [6.45, 7) is 3.84. The quantitative estimate of drug-likeness (QED) is 0.665. The van der Waals surface area contributed by atoms with Gasteiger partial charge in [0.1, 0.15) is 11.8 Å². The number of rotatable bonds is 8. The molecule has 116 valence electrons. The lowest BCUT2D eigenvalue weighted by atomic mass is 10.1. The highest BCUT2D eigenvalue weighted by atomic mass is 16.5. The highest BCUT2D eigenvalue weighted by molar-refractivity contribution is 5.83. The molecule has 1 amide bonds. The summed E-state index contributed by atoms with van der Waals surface area (Å²) in [5, 5.41) is 19.9. The van der Waals surface area contributed by atoms with Gasteiger partial charge >= 0.3 is 5.97 Å². The maximum absolute atomic E-state index is 11.6. The molecular weight excluding hydrogens is 274 g/mol. The molecule has 0 aliphatic heterocycles. The van der Waals surface area contributed by atoms with Gasteiger partial charge in [-0.2, -0.15) is 0 Å². The summed E-state index contributed by atoms with van der Waals surface area (Å²) in [4.78, 5) is 22.4. The van der Waals surface area contributed by atoms with Crippen molar-refractivity contribution in [3.63, 3.8) is 0 Å². The molecule has 0 heterocycles. The smallest absolute Gasteiger partial charge is 0.326 e. The van der Waals surface area contributed by atoms with Gasteiger partial charge in [-0.05, 0) is 37.1 Å². The van der Waals surface area contributed by atoms with Gasteiger partial charge in [0.15, 0.2) is 0 Å². The van der Waals surface area contributed by atoms with Crippen LogP contribution < -0.4 is 10.1 Å². The average molecular weight is 295 g/mol. The van der Waals surface area contributed by atoms with Crippen LogP contribution in [-0.4, -0.2) is 41.3 Å². The maximum atomic E-state index is 11.6. The fraction of sp³-hybridized carbons (Fsp3) is 0.467. The summed E-state index contributed by atoms with van der Waals surface area (Å²) in [5.41, 5.74) is 2.26. The van der Waals surface area contributed by atoms with Crippen molar-refractivity contribution in [3.05, 3.63) is 29.3 Å². The van der Waals surface area contributed by atoms with Gasteiger partial charge < -0.3 is 20.3 Å². The number of aliphatic hydroxyl groups excluding tert-OH is 1. The first-order chi connectivity index (χ1) is 9.93. The Bertz CT molecular complexity index is 501. The fourth-order valence-electron chi connectivity index (χ4n) is 1.72. The van der Waals surface area contributed by atoms with Gasteiger partial charge in [-0.15, -0.1) is 0 Å². The summed E-state index contributed by atoms with van der Waals surface area (Å²) < 4.78 is 5.46. The third-order valence-corrected chi connectivity index (χ3v) is 3.13. The number of nitrogens with one attached hydrogen (secondary N) is 1.